The van der Waals surface area contributed by atoms with Gasteiger partial charge in [0.15, 0.2) is 0 Å². The van der Waals surface area contributed by atoms with Crippen LogP contribution in [0.3, 0.4) is 0 Å². The highest BCUT2D eigenvalue weighted by Gasteiger charge is 2.26. The molecule has 2 N–H and O–H groups in total. The van der Waals surface area contributed by atoms with E-state index in [1.807, 2.05) is 0 Å². The molecule has 1 saturated carbocycles. The lowest BCUT2D eigenvalue weighted by atomic mass is 9.92. The molecule has 1 atom stereocenters. The highest BCUT2D eigenvalue weighted by molar-refractivity contribution is 5.89. The van der Waals surface area contributed by atoms with Crippen LogP contribution in [0.5, 0.6) is 0 Å². The Balaban J connectivity index is 1.56. The third-order valence-corrected chi connectivity index (χ3v) is 5.18. The second-order valence-corrected chi connectivity index (χ2v) is 7.04. The van der Waals surface area contributed by atoms with Crippen LogP contribution in [-0.2, 0) is 4.79 Å². The van der Waals surface area contributed by atoms with Crippen molar-refractivity contribution in [3.05, 3.63) is 29.7 Å². The third-order valence-electron chi connectivity index (χ3n) is 5.18. The van der Waals surface area contributed by atoms with Gasteiger partial charge in [0, 0.05) is 24.8 Å². The van der Waals surface area contributed by atoms with Gasteiger partial charge < -0.3 is 10.4 Å². The number of aromatic nitrogens is 1. The molecule has 1 aromatic rings. The lowest BCUT2D eigenvalue weighted by molar-refractivity contribution is -0.134. The Morgan fingerprint density at radius 3 is 2.72 bits per heavy atom. The Labute approximate surface area is 147 Å². The van der Waals surface area contributed by atoms with Gasteiger partial charge in [0.1, 0.15) is 5.82 Å². The van der Waals surface area contributed by atoms with Gasteiger partial charge in [-0.3, -0.25) is 4.90 Å². The van der Waals surface area contributed by atoms with Gasteiger partial charge in [0.25, 0.3) is 0 Å². The number of aliphatic carboxylic acids is 1. The summed E-state index contributed by atoms with van der Waals surface area (Å²) in [4.78, 5) is 17.4. The number of hydrogen-bond donors (Lipinski definition) is 2. The number of carbonyl (C=O) groups is 1. The molecule has 0 unspecified atom stereocenters. The molecule has 0 aromatic carbocycles. The third kappa shape index (κ3) is 5.01. The molecule has 136 valence electrons. The molecule has 3 rings (SSSR count). The number of nitrogens with one attached hydrogen (secondary N) is 1. The molecule has 0 amide bonds. The first-order valence-electron chi connectivity index (χ1n) is 9.19. The number of likely N-dealkylation sites (tertiary alicyclic amines) is 1. The van der Waals surface area contributed by atoms with Gasteiger partial charge in [-0.05, 0) is 56.0 Å². The van der Waals surface area contributed by atoms with Crippen LogP contribution in [0.4, 0.5) is 10.2 Å². The molecular weight excluding hydrogens is 321 g/mol. The predicted octanol–water partition coefficient (Wildman–Crippen LogP) is 3.69. The Hall–Kier alpha value is -1.95. The monoisotopic (exact) mass is 347 g/mol. The number of anilines is 1. The summed E-state index contributed by atoms with van der Waals surface area (Å²) >= 11 is 0. The maximum absolute atomic E-state index is 13.1. The number of halogens is 1. The van der Waals surface area contributed by atoms with Crippen molar-refractivity contribution in [2.24, 2.45) is 0 Å². The topological polar surface area (TPSA) is 65.5 Å². The zero-order valence-electron chi connectivity index (χ0n) is 14.5. The van der Waals surface area contributed by atoms with Crippen LogP contribution in [0.2, 0.25) is 0 Å². The number of piperidine rings is 1. The first kappa shape index (κ1) is 17.9. The largest absolute Gasteiger partial charge is 0.476 e. The van der Waals surface area contributed by atoms with E-state index in [1.165, 1.54) is 51.3 Å². The first-order chi connectivity index (χ1) is 12.1. The van der Waals surface area contributed by atoms with Gasteiger partial charge in [-0.2, -0.15) is 4.39 Å². The Bertz CT molecular complexity index is 612. The highest BCUT2D eigenvalue weighted by atomic mass is 19.1. The Kier molecular flexibility index (Phi) is 6.02. The van der Waals surface area contributed by atoms with Crippen molar-refractivity contribution in [1.29, 1.82) is 0 Å². The van der Waals surface area contributed by atoms with E-state index in [1.54, 1.807) is 12.1 Å². The average molecular weight is 347 g/mol. The molecular formula is C19H26FN3O2. The summed E-state index contributed by atoms with van der Waals surface area (Å²) in [5, 5.41) is 12.0. The molecule has 1 aliphatic carbocycles. The summed E-state index contributed by atoms with van der Waals surface area (Å²) in [5.74, 6) is -1.99. The lowest BCUT2D eigenvalue weighted by Crippen LogP contribution is -2.47. The van der Waals surface area contributed by atoms with E-state index < -0.39 is 11.8 Å². The highest BCUT2D eigenvalue weighted by Crippen LogP contribution is 2.26. The fourth-order valence-corrected chi connectivity index (χ4v) is 3.90. The van der Waals surface area contributed by atoms with Gasteiger partial charge >= 0.3 is 5.97 Å². The quantitative estimate of drug-likeness (QED) is 0.796. The fourth-order valence-electron chi connectivity index (χ4n) is 3.90. The van der Waals surface area contributed by atoms with Crippen molar-refractivity contribution < 1.29 is 14.3 Å². The summed E-state index contributed by atoms with van der Waals surface area (Å²) in [6, 6.07) is 4.57. The number of carboxylic acid groups (broad SMARTS) is 1. The van der Waals surface area contributed by atoms with E-state index in [-0.39, 0.29) is 0 Å². The van der Waals surface area contributed by atoms with Gasteiger partial charge in [-0.1, -0.05) is 19.3 Å². The van der Waals surface area contributed by atoms with E-state index in [2.05, 4.69) is 15.2 Å². The molecule has 0 spiro atoms. The summed E-state index contributed by atoms with van der Waals surface area (Å²) in [5.41, 5.74) is 0.443. The average Bonchev–Trinajstić information content (AvgIpc) is 2.64. The van der Waals surface area contributed by atoms with Gasteiger partial charge in [-0.15, -0.1) is 0 Å². The minimum atomic E-state index is -1.56. The second-order valence-electron chi connectivity index (χ2n) is 7.04. The SMILES string of the molecule is O=C(O)/C(F)=C\c1ccc(N[C@@H]2CCCN(C3CCCCC3)C2)nc1. The Morgan fingerprint density at radius 2 is 2.04 bits per heavy atom. The van der Waals surface area contributed by atoms with Crippen LogP contribution in [0.25, 0.3) is 6.08 Å². The van der Waals surface area contributed by atoms with Crippen LogP contribution < -0.4 is 5.32 Å². The maximum Gasteiger partial charge on any atom is 0.364 e. The standard InChI is InChI=1S/C19H26FN3O2/c20-17(19(24)25)11-14-8-9-18(21-12-14)22-15-5-4-10-23(13-15)16-6-2-1-3-7-16/h8-9,11-12,15-16H,1-7,10,13H2,(H,21,22)(H,24,25)/b17-11+/t15-/m1/s1. The zero-order chi connectivity index (χ0) is 17.6. The van der Waals surface area contributed by atoms with Crippen molar-refractivity contribution >= 4 is 17.9 Å². The predicted molar refractivity (Wildman–Crippen MR) is 96.0 cm³/mol. The van der Waals surface area contributed by atoms with E-state index in [4.69, 9.17) is 5.11 Å². The number of carboxylic acids is 1. The van der Waals surface area contributed by atoms with Crippen LogP contribution in [0.15, 0.2) is 24.2 Å². The van der Waals surface area contributed by atoms with E-state index >= 15 is 0 Å². The number of pyridine rings is 1. The smallest absolute Gasteiger partial charge is 0.364 e. The number of hydrogen-bond acceptors (Lipinski definition) is 4. The second kappa shape index (κ2) is 8.43. The summed E-state index contributed by atoms with van der Waals surface area (Å²) in [6.45, 7) is 2.23. The fraction of sp³-hybridized carbons (Fsp3) is 0.579. The normalized spacial score (nSPS) is 23.4. The zero-order valence-corrected chi connectivity index (χ0v) is 14.5. The minimum absolute atomic E-state index is 0.375. The van der Waals surface area contributed by atoms with E-state index in [0.717, 1.165) is 30.9 Å². The van der Waals surface area contributed by atoms with Crippen molar-refractivity contribution in [1.82, 2.24) is 9.88 Å². The Morgan fingerprint density at radius 1 is 1.24 bits per heavy atom. The van der Waals surface area contributed by atoms with Crippen LogP contribution in [-0.4, -0.2) is 46.1 Å². The van der Waals surface area contributed by atoms with Gasteiger partial charge in [0.05, 0.1) is 0 Å². The van der Waals surface area contributed by atoms with Crippen molar-refractivity contribution in [3.63, 3.8) is 0 Å². The molecule has 1 aliphatic heterocycles. The maximum atomic E-state index is 13.1. The molecule has 2 aliphatic rings. The first-order valence-corrected chi connectivity index (χ1v) is 9.19. The molecule has 1 saturated heterocycles. The lowest BCUT2D eigenvalue weighted by Gasteiger charge is -2.40. The van der Waals surface area contributed by atoms with Crippen LogP contribution >= 0.6 is 0 Å². The number of rotatable bonds is 5. The van der Waals surface area contributed by atoms with Crippen molar-refractivity contribution in [3.8, 4) is 0 Å². The molecule has 1 aromatic heterocycles. The van der Waals surface area contributed by atoms with Crippen molar-refractivity contribution in [2.45, 2.75) is 57.0 Å². The molecule has 5 nitrogen and oxygen atoms in total. The van der Waals surface area contributed by atoms with E-state index in [0.29, 0.717) is 11.6 Å². The van der Waals surface area contributed by atoms with Gasteiger partial charge in [0.2, 0.25) is 5.83 Å². The molecule has 2 fully saturated rings. The molecule has 0 radical (unpaired) electrons. The molecule has 6 heteroatoms. The summed E-state index contributed by atoms with van der Waals surface area (Å²) in [6.07, 6.45) is 11.5. The van der Waals surface area contributed by atoms with Crippen LogP contribution in [0.1, 0.15) is 50.5 Å². The molecule has 0 bridgehead atoms. The van der Waals surface area contributed by atoms with Gasteiger partial charge in [-0.25, -0.2) is 9.78 Å². The van der Waals surface area contributed by atoms with E-state index in [9.17, 15) is 9.18 Å². The number of nitrogens with zero attached hydrogens (tertiary/aromatic N) is 2. The summed E-state index contributed by atoms with van der Waals surface area (Å²) < 4.78 is 13.1. The van der Waals surface area contributed by atoms with Crippen molar-refractivity contribution in [2.75, 3.05) is 18.4 Å². The molecule has 2 heterocycles. The van der Waals surface area contributed by atoms with Crippen LogP contribution in [0, 0.1) is 0 Å². The summed E-state index contributed by atoms with van der Waals surface area (Å²) in [7, 11) is 0. The molecule has 25 heavy (non-hydrogen) atoms. The minimum Gasteiger partial charge on any atom is -0.476 e.